The summed E-state index contributed by atoms with van der Waals surface area (Å²) in [6.07, 6.45) is -2.53. The largest absolute Gasteiger partial charge is 0.478 e. The van der Waals surface area contributed by atoms with Gasteiger partial charge in [-0.15, -0.1) is 0 Å². The number of nitrogens with zero attached hydrogens (tertiary/aromatic N) is 2. The Labute approximate surface area is 226 Å². The molecule has 1 heterocycles. The van der Waals surface area contributed by atoms with Crippen molar-refractivity contribution in [3.63, 3.8) is 0 Å². The minimum Gasteiger partial charge on any atom is -0.478 e. The summed E-state index contributed by atoms with van der Waals surface area (Å²) in [7, 11) is 0. The van der Waals surface area contributed by atoms with Gasteiger partial charge >= 0.3 is 6.18 Å². The molecule has 4 rings (SSSR count). The number of pyridine rings is 1. The molecule has 0 aliphatic rings. The van der Waals surface area contributed by atoms with Crippen molar-refractivity contribution in [3.05, 3.63) is 131 Å². The smallest absolute Gasteiger partial charge is 0.416 e. The first kappa shape index (κ1) is 27.9. The first-order valence-corrected chi connectivity index (χ1v) is 12.7. The van der Waals surface area contributed by atoms with Crippen molar-refractivity contribution < 1.29 is 22.7 Å². The van der Waals surface area contributed by atoms with Gasteiger partial charge in [0.25, 0.3) is 0 Å². The molecule has 1 amide bonds. The van der Waals surface area contributed by atoms with Gasteiger partial charge in [0.2, 0.25) is 11.8 Å². The van der Waals surface area contributed by atoms with Crippen LogP contribution in [-0.4, -0.2) is 35.5 Å². The molecule has 0 radical (unpaired) electrons. The number of aromatic nitrogens is 1. The average Bonchev–Trinajstić information content (AvgIpc) is 2.94. The predicted octanol–water partition coefficient (Wildman–Crippen LogP) is 6.30. The van der Waals surface area contributed by atoms with Gasteiger partial charge in [0.05, 0.1) is 17.7 Å². The first-order valence-electron chi connectivity index (χ1n) is 12.7. The number of hydrogen-bond acceptors (Lipinski definition) is 4. The fraction of sp³-hybridized carbons (Fsp3) is 0.226. The number of halogens is 3. The average molecular weight is 534 g/mol. The van der Waals surface area contributed by atoms with Gasteiger partial charge in [0.15, 0.2) is 0 Å². The molecule has 0 unspecified atom stereocenters. The van der Waals surface area contributed by atoms with Crippen molar-refractivity contribution in [2.75, 3.05) is 19.7 Å². The van der Waals surface area contributed by atoms with Crippen LogP contribution in [0.25, 0.3) is 0 Å². The second kappa shape index (κ2) is 13.1. The number of carbonyl (C=O) groups excluding carboxylic acids is 1. The van der Waals surface area contributed by atoms with Crippen LogP contribution in [0.4, 0.5) is 13.2 Å². The van der Waals surface area contributed by atoms with Crippen molar-refractivity contribution in [1.29, 1.82) is 0 Å². The molecule has 202 valence electrons. The zero-order valence-electron chi connectivity index (χ0n) is 21.4. The Morgan fingerprint density at radius 1 is 0.872 bits per heavy atom. The van der Waals surface area contributed by atoms with Crippen molar-refractivity contribution in [2.24, 2.45) is 5.73 Å². The molecule has 8 heteroatoms. The maximum atomic E-state index is 13.8. The van der Waals surface area contributed by atoms with E-state index in [1.165, 1.54) is 24.4 Å². The zero-order valence-corrected chi connectivity index (χ0v) is 21.4. The Morgan fingerprint density at radius 3 is 2.05 bits per heavy atom. The molecule has 3 aromatic carbocycles. The minimum atomic E-state index is -4.44. The predicted molar refractivity (Wildman–Crippen MR) is 144 cm³/mol. The van der Waals surface area contributed by atoms with E-state index in [-0.39, 0.29) is 23.6 Å². The number of amides is 1. The summed E-state index contributed by atoms with van der Waals surface area (Å²) in [5.41, 5.74) is 7.32. The number of benzene rings is 3. The third kappa shape index (κ3) is 7.91. The zero-order chi connectivity index (χ0) is 27.7. The summed E-state index contributed by atoms with van der Waals surface area (Å²) in [6.45, 7) is 1.46. The van der Waals surface area contributed by atoms with Gasteiger partial charge in [-0.2, -0.15) is 13.2 Å². The minimum absolute atomic E-state index is 0.0330. The molecule has 2 N–H and O–H groups in total. The van der Waals surface area contributed by atoms with E-state index in [9.17, 15) is 18.0 Å². The van der Waals surface area contributed by atoms with Crippen LogP contribution >= 0.6 is 0 Å². The van der Waals surface area contributed by atoms with Crippen LogP contribution in [0.5, 0.6) is 5.88 Å². The van der Waals surface area contributed by atoms with Crippen LogP contribution in [0.15, 0.2) is 103 Å². The summed E-state index contributed by atoms with van der Waals surface area (Å²) in [6, 6.07) is 28.8. The van der Waals surface area contributed by atoms with Gasteiger partial charge < -0.3 is 10.5 Å². The Kier molecular flexibility index (Phi) is 9.33. The second-order valence-electron chi connectivity index (χ2n) is 9.22. The van der Waals surface area contributed by atoms with E-state index < -0.39 is 17.6 Å². The van der Waals surface area contributed by atoms with Crippen LogP contribution < -0.4 is 10.5 Å². The third-order valence-corrected chi connectivity index (χ3v) is 6.45. The molecule has 0 fully saturated rings. The van der Waals surface area contributed by atoms with Gasteiger partial charge in [-0.25, -0.2) is 4.98 Å². The summed E-state index contributed by atoms with van der Waals surface area (Å²) < 4.78 is 47.1. The quantitative estimate of drug-likeness (QED) is 0.217. The van der Waals surface area contributed by atoms with E-state index in [1.54, 1.807) is 12.1 Å². The van der Waals surface area contributed by atoms with Gasteiger partial charge in [0, 0.05) is 37.8 Å². The number of primary amides is 1. The fourth-order valence-electron chi connectivity index (χ4n) is 4.52. The highest BCUT2D eigenvalue weighted by atomic mass is 19.4. The molecule has 0 saturated heterocycles. The van der Waals surface area contributed by atoms with Crippen LogP contribution in [-0.2, 0) is 12.7 Å². The van der Waals surface area contributed by atoms with Gasteiger partial charge in [-0.3, -0.25) is 9.69 Å². The molecule has 0 bridgehead atoms. The molecular weight excluding hydrogens is 503 g/mol. The summed E-state index contributed by atoms with van der Waals surface area (Å²) in [4.78, 5) is 17.4. The number of alkyl halides is 3. The van der Waals surface area contributed by atoms with Crippen molar-refractivity contribution in [3.8, 4) is 5.88 Å². The van der Waals surface area contributed by atoms with Crippen molar-refractivity contribution >= 4 is 5.91 Å². The molecule has 0 spiro atoms. The Balaban J connectivity index is 1.53. The van der Waals surface area contributed by atoms with Gasteiger partial charge in [0.1, 0.15) is 0 Å². The van der Waals surface area contributed by atoms with Crippen molar-refractivity contribution in [1.82, 2.24) is 9.88 Å². The molecule has 39 heavy (non-hydrogen) atoms. The fourth-order valence-corrected chi connectivity index (χ4v) is 4.52. The van der Waals surface area contributed by atoms with E-state index in [0.29, 0.717) is 32.0 Å². The molecule has 0 saturated carbocycles. The normalized spacial score (nSPS) is 11.6. The molecule has 0 atom stereocenters. The second-order valence-corrected chi connectivity index (χ2v) is 9.22. The number of hydrogen-bond donors (Lipinski definition) is 1. The van der Waals surface area contributed by atoms with Gasteiger partial charge in [-0.05, 0) is 35.2 Å². The van der Waals surface area contributed by atoms with Crippen LogP contribution in [0.3, 0.4) is 0 Å². The van der Waals surface area contributed by atoms with E-state index in [4.69, 9.17) is 10.5 Å². The molecule has 5 nitrogen and oxygen atoms in total. The van der Waals surface area contributed by atoms with E-state index in [2.05, 4.69) is 4.98 Å². The lowest BCUT2D eigenvalue weighted by atomic mass is 9.90. The lowest BCUT2D eigenvalue weighted by molar-refractivity contribution is -0.138. The Hall–Kier alpha value is -4.17. The standard InChI is InChI=1S/C31H30F3N3O2/c32-31(33,34)28-15-8-7-14-26(28)21-37(18-9-19-39-29-17-16-25(20-36-29)30(35)38)22-27(23-10-3-1-4-11-23)24-12-5-2-6-13-24/h1-8,10-17,20,27H,9,18-19,21-22H2,(H2,35,38). The molecule has 0 aliphatic carbocycles. The summed E-state index contributed by atoms with van der Waals surface area (Å²) >= 11 is 0. The van der Waals surface area contributed by atoms with E-state index >= 15 is 0 Å². The third-order valence-electron chi connectivity index (χ3n) is 6.45. The Morgan fingerprint density at radius 2 is 1.49 bits per heavy atom. The number of carbonyl (C=O) groups is 1. The molecular formula is C31H30F3N3O2. The number of nitrogens with two attached hydrogens (primary N) is 1. The monoisotopic (exact) mass is 533 g/mol. The molecule has 1 aromatic heterocycles. The van der Waals surface area contributed by atoms with E-state index in [0.717, 1.165) is 17.2 Å². The van der Waals surface area contributed by atoms with Crippen LogP contribution in [0.2, 0.25) is 0 Å². The number of rotatable bonds is 12. The highest BCUT2D eigenvalue weighted by molar-refractivity contribution is 5.92. The highest BCUT2D eigenvalue weighted by Crippen LogP contribution is 2.33. The summed E-state index contributed by atoms with van der Waals surface area (Å²) in [5, 5.41) is 0. The van der Waals surface area contributed by atoms with Crippen LogP contribution in [0, 0.1) is 0 Å². The molecule has 0 aliphatic heterocycles. The summed E-state index contributed by atoms with van der Waals surface area (Å²) in [5.74, 6) is -0.259. The van der Waals surface area contributed by atoms with E-state index in [1.807, 2.05) is 65.6 Å². The Bertz CT molecular complexity index is 1290. The first-order chi connectivity index (χ1) is 18.8. The highest BCUT2D eigenvalue weighted by Gasteiger charge is 2.33. The maximum Gasteiger partial charge on any atom is 0.416 e. The van der Waals surface area contributed by atoms with Crippen molar-refractivity contribution in [2.45, 2.75) is 25.1 Å². The SMILES string of the molecule is NC(=O)c1ccc(OCCCN(Cc2ccccc2C(F)(F)F)CC(c2ccccc2)c2ccccc2)nc1. The lowest BCUT2D eigenvalue weighted by Crippen LogP contribution is -2.31. The number of ether oxygens (including phenoxy) is 1. The maximum absolute atomic E-state index is 13.8. The topological polar surface area (TPSA) is 68.5 Å². The van der Waals surface area contributed by atoms with Crippen LogP contribution in [0.1, 0.15) is 45.0 Å². The lowest BCUT2D eigenvalue weighted by Gasteiger charge is -2.29. The molecule has 4 aromatic rings. The van der Waals surface area contributed by atoms with Gasteiger partial charge in [-0.1, -0.05) is 78.9 Å².